The standard InChI is InChI=1S/C46H51FN4O8/c1-25-16-37-36-11-9-30-18-32(52)12-14-43(30,2)45(36,47)39(53)20-44(37,3)46(25,57)38(49)24-59-42(56)34-19-33(34)41(55)58-23-26-4-6-27(7-5-26)35(21-48)40(54)51-31-10-8-29-22-50-15-13-28(29)17-31/h4-8,10,12-15,17-18,22,25,33-37,39,49,53,57H,9,11,16,19-21,23-24,48H2,1-3H3,(H,51,54)/t25-,33?,34?,35-,36+,37+,39+,43+,44+,45+,46+/m1/s1. The second kappa shape index (κ2) is 14.9. The zero-order valence-electron chi connectivity index (χ0n) is 33.5. The van der Waals surface area contributed by atoms with Crippen LogP contribution in [-0.4, -0.2) is 75.1 Å². The van der Waals surface area contributed by atoms with E-state index in [-0.39, 0.29) is 49.3 Å². The van der Waals surface area contributed by atoms with E-state index in [1.807, 2.05) is 24.3 Å². The normalized spacial score (nSPS) is 34.8. The third kappa shape index (κ3) is 6.52. The Kier molecular flexibility index (Phi) is 10.2. The number of rotatable bonds is 11. The molecule has 0 radical (unpaired) electrons. The van der Waals surface area contributed by atoms with Crippen LogP contribution in [0.25, 0.3) is 10.8 Å². The first-order chi connectivity index (χ1) is 28.0. The monoisotopic (exact) mass is 806 g/mol. The van der Waals surface area contributed by atoms with Gasteiger partial charge in [0.05, 0.1) is 29.6 Å². The van der Waals surface area contributed by atoms with Gasteiger partial charge in [-0.25, -0.2) is 4.39 Å². The number of nitrogens with zero attached hydrogens (tertiary/aromatic N) is 1. The van der Waals surface area contributed by atoms with Gasteiger partial charge in [0.15, 0.2) is 11.5 Å². The Labute approximate surface area is 341 Å². The van der Waals surface area contributed by atoms with Crippen LogP contribution in [0.1, 0.15) is 69.9 Å². The number of aromatic nitrogens is 1. The number of benzene rings is 2. The second-order valence-electron chi connectivity index (χ2n) is 17.8. The van der Waals surface area contributed by atoms with E-state index < -0.39 is 76.3 Å². The van der Waals surface area contributed by atoms with Gasteiger partial charge in [0, 0.05) is 46.8 Å². The highest BCUT2D eigenvalue weighted by molar-refractivity contribution is 6.01. The third-order valence-electron chi connectivity index (χ3n) is 14.7. The number of nitrogens with one attached hydrogen (secondary N) is 2. The predicted octanol–water partition coefficient (Wildman–Crippen LogP) is 5.51. The molecule has 6 N–H and O–H groups in total. The minimum absolute atomic E-state index is 0.0453. The summed E-state index contributed by atoms with van der Waals surface area (Å²) in [7, 11) is 0. The van der Waals surface area contributed by atoms with Crippen LogP contribution in [0.2, 0.25) is 0 Å². The van der Waals surface area contributed by atoms with E-state index in [4.69, 9.17) is 20.6 Å². The van der Waals surface area contributed by atoms with E-state index in [1.54, 1.807) is 63.5 Å². The number of pyridine rings is 1. The van der Waals surface area contributed by atoms with Gasteiger partial charge < -0.3 is 36.1 Å². The van der Waals surface area contributed by atoms with Gasteiger partial charge in [-0.3, -0.25) is 24.2 Å². The Morgan fingerprint density at radius 2 is 1.76 bits per heavy atom. The Hall–Kier alpha value is -5.11. The number of ether oxygens (including phenoxy) is 2. The molecule has 1 aromatic heterocycles. The molecule has 1 heterocycles. The van der Waals surface area contributed by atoms with Gasteiger partial charge in [-0.1, -0.05) is 55.8 Å². The molecular weight excluding hydrogens is 756 g/mol. The summed E-state index contributed by atoms with van der Waals surface area (Å²) in [6, 6.07) is 14.5. The van der Waals surface area contributed by atoms with Crippen molar-refractivity contribution < 1.29 is 43.3 Å². The highest BCUT2D eigenvalue weighted by Crippen LogP contribution is 2.70. The number of esters is 2. The Morgan fingerprint density at radius 3 is 2.49 bits per heavy atom. The van der Waals surface area contributed by atoms with Gasteiger partial charge >= 0.3 is 11.9 Å². The molecule has 0 bridgehead atoms. The maximum Gasteiger partial charge on any atom is 0.310 e. The summed E-state index contributed by atoms with van der Waals surface area (Å²) in [6.07, 6.45) is 7.81. The molecular formula is C46H51FN4O8. The Balaban J connectivity index is 0.836. The van der Waals surface area contributed by atoms with E-state index in [9.17, 15) is 29.4 Å². The van der Waals surface area contributed by atoms with Crippen LogP contribution in [0.15, 0.2) is 84.7 Å². The first-order valence-corrected chi connectivity index (χ1v) is 20.4. The van der Waals surface area contributed by atoms with Gasteiger partial charge in [-0.05, 0) is 97.7 Å². The number of halogens is 1. The van der Waals surface area contributed by atoms with Crippen LogP contribution in [-0.2, 0) is 35.3 Å². The van der Waals surface area contributed by atoms with E-state index >= 15 is 4.39 Å². The second-order valence-corrected chi connectivity index (χ2v) is 17.8. The molecule has 5 aliphatic carbocycles. The smallest absolute Gasteiger partial charge is 0.310 e. The molecule has 8 rings (SSSR count). The molecule has 4 fully saturated rings. The molecule has 2 aromatic carbocycles. The number of hydrogen-bond donors (Lipinski definition) is 5. The van der Waals surface area contributed by atoms with E-state index in [0.29, 0.717) is 41.6 Å². The molecule has 0 aliphatic heterocycles. The SMILES string of the molecule is C[C@@H]1C[C@H]2[C@@H]3CCC4=CC(=O)C=C[C@]4(C)[C@@]3(F)[C@@H](O)C[C@]2(C)[C@@]1(O)C(=N)COC(=O)C1CC1C(=O)OCc1ccc([C@@H](CN)C(=O)Nc2ccc3cnccc3c2)cc1. The maximum absolute atomic E-state index is 17.5. The lowest BCUT2D eigenvalue weighted by molar-refractivity contribution is -0.209. The Bertz CT molecular complexity index is 2300. The quantitative estimate of drug-likeness (QED) is 0.122. The fraction of sp³-hybridized carbons (Fsp3) is 0.478. The number of alkyl halides is 1. The lowest BCUT2D eigenvalue weighted by Crippen LogP contribution is -2.69. The molecule has 5 aliphatic rings. The lowest BCUT2D eigenvalue weighted by Gasteiger charge is -2.62. The Morgan fingerprint density at radius 1 is 1.03 bits per heavy atom. The number of carbonyl (C=O) groups excluding carboxylic acids is 4. The van der Waals surface area contributed by atoms with E-state index in [1.165, 1.54) is 12.2 Å². The fourth-order valence-corrected chi connectivity index (χ4v) is 11.2. The van der Waals surface area contributed by atoms with Gasteiger partial charge in [0.25, 0.3) is 0 Å². The number of anilines is 1. The highest BCUT2D eigenvalue weighted by Gasteiger charge is 2.75. The number of aliphatic hydroxyl groups is 2. The first-order valence-electron chi connectivity index (χ1n) is 20.4. The number of hydrogen-bond acceptors (Lipinski definition) is 11. The molecule has 59 heavy (non-hydrogen) atoms. The first kappa shape index (κ1) is 40.7. The average Bonchev–Trinajstić information content (AvgIpc) is 4.00. The van der Waals surface area contributed by atoms with Crippen LogP contribution in [0.4, 0.5) is 10.1 Å². The van der Waals surface area contributed by atoms with Crippen molar-refractivity contribution in [2.75, 3.05) is 18.5 Å². The molecule has 2 unspecified atom stereocenters. The van der Waals surface area contributed by atoms with Gasteiger partial charge in [0.1, 0.15) is 18.8 Å². The summed E-state index contributed by atoms with van der Waals surface area (Å²) in [5.74, 6) is -5.24. The number of carbonyl (C=O) groups is 4. The highest BCUT2D eigenvalue weighted by atomic mass is 19.1. The number of allylic oxidation sites excluding steroid dienone is 4. The number of aliphatic hydroxyl groups excluding tert-OH is 1. The molecule has 11 atom stereocenters. The molecule has 0 spiro atoms. The predicted molar refractivity (Wildman–Crippen MR) is 217 cm³/mol. The topological polar surface area (TPSA) is 202 Å². The minimum Gasteiger partial charge on any atom is -0.461 e. The molecule has 310 valence electrons. The summed E-state index contributed by atoms with van der Waals surface area (Å²) < 4.78 is 28.6. The molecule has 13 heteroatoms. The van der Waals surface area contributed by atoms with Crippen LogP contribution in [0, 0.1) is 45.8 Å². The molecule has 3 aromatic rings. The number of ketones is 1. The molecule has 12 nitrogen and oxygen atoms in total. The summed E-state index contributed by atoms with van der Waals surface area (Å²) in [4.78, 5) is 55.5. The number of amides is 1. The van der Waals surface area contributed by atoms with Crippen molar-refractivity contribution in [3.63, 3.8) is 0 Å². The lowest BCUT2D eigenvalue weighted by atomic mass is 9.44. The van der Waals surface area contributed by atoms with Crippen molar-refractivity contribution in [3.05, 3.63) is 95.9 Å². The van der Waals surface area contributed by atoms with E-state index in [0.717, 1.165) is 10.8 Å². The third-order valence-corrected chi connectivity index (χ3v) is 14.7. The van der Waals surface area contributed by atoms with Crippen LogP contribution >= 0.6 is 0 Å². The van der Waals surface area contributed by atoms with Crippen LogP contribution in [0.3, 0.4) is 0 Å². The maximum atomic E-state index is 17.5. The average molecular weight is 807 g/mol. The van der Waals surface area contributed by atoms with Crippen molar-refractivity contribution in [1.82, 2.24) is 4.98 Å². The van der Waals surface area contributed by atoms with Crippen molar-refractivity contribution >= 4 is 45.8 Å². The van der Waals surface area contributed by atoms with E-state index in [2.05, 4.69) is 10.3 Å². The summed E-state index contributed by atoms with van der Waals surface area (Å²) in [5, 5.41) is 37.8. The van der Waals surface area contributed by atoms with Crippen molar-refractivity contribution in [2.24, 2.45) is 46.2 Å². The van der Waals surface area contributed by atoms with Gasteiger partial charge in [0.2, 0.25) is 5.91 Å². The van der Waals surface area contributed by atoms with Crippen LogP contribution in [0.5, 0.6) is 0 Å². The van der Waals surface area contributed by atoms with Crippen molar-refractivity contribution in [1.29, 1.82) is 5.41 Å². The number of nitrogens with two attached hydrogens (primary N) is 1. The number of fused-ring (bicyclic) bond motifs is 6. The van der Waals surface area contributed by atoms with Crippen molar-refractivity contribution in [3.8, 4) is 0 Å². The van der Waals surface area contributed by atoms with Gasteiger partial charge in [-0.2, -0.15) is 0 Å². The summed E-state index contributed by atoms with van der Waals surface area (Å²) in [5.41, 5.74) is 2.36. The van der Waals surface area contributed by atoms with Crippen LogP contribution < -0.4 is 11.1 Å². The fourth-order valence-electron chi connectivity index (χ4n) is 11.2. The van der Waals surface area contributed by atoms with Gasteiger partial charge in [-0.15, -0.1) is 0 Å². The molecule has 0 saturated heterocycles. The summed E-state index contributed by atoms with van der Waals surface area (Å²) >= 11 is 0. The zero-order valence-corrected chi connectivity index (χ0v) is 33.5. The zero-order chi connectivity index (χ0) is 42.1. The minimum atomic E-state index is -2.07. The van der Waals surface area contributed by atoms with Crippen molar-refractivity contribution in [2.45, 2.75) is 82.8 Å². The molecule has 1 amide bonds. The largest absolute Gasteiger partial charge is 0.461 e. The molecule has 4 saturated carbocycles. The summed E-state index contributed by atoms with van der Waals surface area (Å²) in [6.45, 7) is 4.87.